The summed E-state index contributed by atoms with van der Waals surface area (Å²) >= 11 is 3.20. The molecule has 0 aliphatic heterocycles. The number of nitrogens with one attached hydrogen (secondary N) is 2. The van der Waals surface area contributed by atoms with Gasteiger partial charge in [0.1, 0.15) is 11.9 Å². The van der Waals surface area contributed by atoms with Crippen LogP contribution in [0.1, 0.15) is 29.8 Å². The average molecular weight is 466 g/mol. The van der Waals surface area contributed by atoms with Crippen LogP contribution < -0.4 is 15.5 Å². The SMILES string of the molecule is COc1cc(/C=N/NC(=O)C(NC(=O)c2ccccc2F)C(C)C)cc(Br)c1O. The van der Waals surface area contributed by atoms with Crippen LogP contribution in [-0.2, 0) is 4.79 Å². The van der Waals surface area contributed by atoms with Gasteiger partial charge >= 0.3 is 0 Å². The Morgan fingerprint density at radius 1 is 1.28 bits per heavy atom. The van der Waals surface area contributed by atoms with Crippen molar-refractivity contribution in [2.45, 2.75) is 19.9 Å². The molecule has 2 aromatic rings. The maximum Gasteiger partial charge on any atom is 0.262 e. The smallest absolute Gasteiger partial charge is 0.262 e. The maximum absolute atomic E-state index is 13.8. The zero-order valence-electron chi connectivity index (χ0n) is 16.1. The zero-order chi connectivity index (χ0) is 21.6. The molecule has 0 spiro atoms. The first-order chi connectivity index (χ1) is 13.7. The Labute approximate surface area is 176 Å². The van der Waals surface area contributed by atoms with E-state index in [1.165, 1.54) is 43.7 Å². The van der Waals surface area contributed by atoms with Crippen molar-refractivity contribution in [3.05, 3.63) is 57.8 Å². The molecule has 0 aliphatic carbocycles. The van der Waals surface area contributed by atoms with E-state index in [0.717, 1.165) is 0 Å². The summed E-state index contributed by atoms with van der Waals surface area (Å²) in [4.78, 5) is 24.8. The largest absolute Gasteiger partial charge is 0.503 e. The Morgan fingerprint density at radius 3 is 2.59 bits per heavy atom. The fourth-order valence-corrected chi connectivity index (χ4v) is 2.92. The fourth-order valence-electron chi connectivity index (χ4n) is 2.46. The standard InChI is InChI=1S/C20H21BrFN3O4/c1-11(2)17(24-19(27)13-6-4-5-7-15(13)22)20(28)25-23-10-12-8-14(21)18(26)16(9-12)29-3/h4-11,17,26H,1-3H3,(H,24,27)(H,25,28)/b23-10+. The minimum Gasteiger partial charge on any atom is -0.503 e. The van der Waals surface area contributed by atoms with Crippen molar-refractivity contribution in [3.8, 4) is 11.5 Å². The first kappa shape index (κ1) is 22.4. The molecule has 0 aliphatic rings. The lowest BCUT2D eigenvalue weighted by Crippen LogP contribution is -2.48. The average Bonchev–Trinajstić information content (AvgIpc) is 2.68. The minimum atomic E-state index is -0.916. The van der Waals surface area contributed by atoms with Gasteiger partial charge < -0.3 is 15.2 Å². The highest BCUT2D eigenvalue weighted by Crippen LogP contribution is 2.34. The van der Waals surface area contributed by atoms with Gasteiger partial charge in [-0.2, -0.15) is 5.10 Å². The number of rotatable bonds is 7. The number of aromatic hydroxyl groups is 1. The number of hydrogen-bond acceptors (Lipinski definition) is 5. The van der Waals surface area contributed by atoms with E-state index >= 15 is 0 Å². The van der Waals surface area contributed by atoms with Crippen molar-refractivity contribution in [2.24, 2.45) is 11.0 Å². The van der Waals surface area contributed by atoms with E-state index in [4.69, 9.17) is 4.74 Å². The first-order valence-electron chi connectivity index (χ1n) is 8.69. The summed E-state index contributed by atoms with van der Waals surface area (Å²) < 4.78 is 19.2. The van der Waals surface area contributed by atoms with Crippen LogP contribution in [-0.4, -0.2) is 36.3 Å². The molecule has 0 heterocycles. The van der Waals surface area contributed by atoms with Crippen molar-refractivity contribution in [3.63, 3.8) is 0 Å². The lowest BCUT2D eigenvalue weighted by Gasteiger charge is -2.20. The number of hydrazone groups is 1. The number of hydrogen-bond donors (Lipinski definition) is 3. The summed E-state index contributed by atoms with van der Waals surface area (Å²) in [5, 5.41) is 16.2. The van der Waals surface area contributed by atoms with Crippen molar-refractivity contribution in [1.29, 1.82) is 0 Å². The molecular formula is C20H21BrFN3O4. The Morgan fingerprint density at radius 2 is 1.97 bits per heavy atom. The molecule has 1 atom stereocenters. The summed E-state index contributed by atoms with van der Waals surface area (Å²) in [6, 6.07) is 7.74. The van der Waals surface area contributed by atoms with Gasteiger partial charge in [0, 0.05) is 0 Å². The highest BCUT2D eigenvalue weighted by Gasteiger charge is 2.25. The third kappa shape index (κ3) is 5.77. The Hall–Kier alpha value is -2.94. The number of carbonyl (C=O) groups excluding carboxylic acids is 2. The van der Waals surface area contributed by atoms with Gasteiger partial charge in [0.25, 0.3) is 11.8 Å². The van der Waals surface area contributed by atoms with Gasteiger partial charge in [-0.1, -0.05) is 26.0 Å². The van der Waals surface area contributed by atoms with Crippen LogP contribution in [0.5, 0.6) is 11.5 Å². The number of amides is 2. The van der Waals surface area contributed by atoms with E-state index in [2.05, 4.69) is 31.8 Å². The second-order valence-electron chi connectivity index (χ2n) is 6.46. The third-order valence-corrected chi connectivity index (χ3v) is 4.62. The van der Waals surface area contributed by atoms with E-state index in [0.29, 0.717) is 10.0 Å². The van der Waals surface area contributed by atoms with Gasteiger partial charge in [-0.15, -0.1) is 0 Å². The van der Waals surface area contributed by atoms with E-state index < -0.39 is 23.7 Å². The monoisotopic (exact) mass is 465 g/mol. The van der Waals surface area contributed by atoms with Crippen LogP contribution in [0, 0.1) is 11.7 Å². The summed E-state index contributed by atoms with van der Waals surface area (Å²) in [5.41, 5.74) is 2.77. The molecule has 0 fully saturated rings. The maximum atomic E-state index is 13.8. The number of methoxy groups -OCH3 is 1. The van der Waals surface area contributed by atoms with Crippen molar-refractivity contribution in [1.82, 2.24) is 10.7 Å². The van der Waals surface area contributed by atoms with Crippen LogP contribution in [0.25, 0.3) is 0 Å². The van der Waals surface area contributed by atoms with Gasteiger partial charge in [0.2, 0.25) is 0 Å². The van der Waals surface area contributed by atoms with Crippen molar-refractivity contribution in [2.75, 3.05) is 7.11 Å². The topological polar surface area (TPSA) is 100 Å². The highest BCUT2D eigenvalue weighted by atomic mass is 79.9. The molecule has 2 aromatic carbocycles. The molecule has 0 saturated carbocycles. The summed E-state index contributed by atoms with van der Waals surface area (Å²) in [7, 11) is 1.41. The number of halogens is 2. The molecule has 2 amide bonds. The zero-order valence-corrected chi connectivity index (χ0v) is 17.7. The number of benzene rings is 2. The first-order valence-corrected chi connectivity index (χ1v) is 9.48. The number of nitrogens with zero attached hydrogens (tertiary/aromatic N) is 1. The summed E-state index contributed by atoms with van der Waals surface area (Å²) in [6.45, 7) is 3.50. The predicted molar refractivity (Wildman–Crippen MR) is 111 cm³/mol. The lowest BCUT2D eigenvalue weighted by molar-refractivity contribution is -0.123. The molecule has 1 unspecified atom stereocenters. The molecule has 9 heteroatoms. The van der Waals surface area contributed by atoms with Crippen LogP contribution in [0.4, 0.5) is 4.39 Å². The van der Waals surface area contributed by atoms with E-state index in [1.807, 2.05) is 0 Å². The van der Waals surface area contributed by atoms with E-state index in [1.54, 1.807) is 19.9 Å². The molecular weight excluding hydrogens is 445 g/mol. The van der Waals surface area contributed by atoms with Crippen molar-refractivity contribution < 1.29 is 23.8 Å². The van der Waals surface area contributed by atoms with Gasteiger partial charge in [-0.3, -0.25) is 9.59 Å². The van der Waals surface area contributed by atoms with Crippen LogP contribution >= 0.6 is 15.9 Å². The molecule has 29 heavy (non-hydrogen) atoms. The number of phenols is 1. The molecule has 0 aromatic heterocycles. The molecule has 0 bridgehead atoms. The highest BCUT2D eigenvalue weighted by molar-refractivity contribution is 9.10. The Bertz CT molecular complexity index is 934. The van der Waals surface area contributed by atoms with E-state index in [9.17, 15) is 19.1 Å². The molecule has 2 rings (SSSR count). The fraction of sp³-hybridized carbons (Fsp3) is 0.250. The van der Waals surface area contributed by atoms with Crippen LogP contribution in [0.15, 0.2) is 46.0 Å². The molecule has 154 valence electrons. The molecule has 0 radical (unpaired) electrons. The molecule has 0 saturated heterocycles. The normalized spacial score (nSPS) is 12.1. The van der Waals surface area contributed by atoms with Gasteiger partial charge in [0.15, 0.2) is 11.5 Å². The van der Waals surface area contributed by atoms with Gasteiger partial charge in [-0.25, -0.2) is 9.82 Å². The second-order valence-corrected chi connectivity index (χ2v) is 7.32. The van der Waals surface area contributed by atoms with Crippen molar-refractivity contribution >= 4 is 34.0 Å². The van der Waals surface area contributed by atoms with Gasteiger partial charge in [-0.05, 0) is 51.7 Å². The summed E-state index contributed by atoms with van der Waals surface area (Å²) in [5.74, 6) is -1.98. The number of phenolic OH excluding ortho intramolecular Hbond substituents is 1. The predicted octanol–water partition coefficient (Wildman–Crippen LogP) is 3.21. The molecule has 7 nitrogen and oxygen atoms in total. The molecule has 3 N–H and O–H groups in total. The van der Waals surface area contributed by atoms with Crippen LogP contribution in [0.2, 0.25) is 0 Å². The van der Waals surface area contributed by atoms with E-state index in [-0.39, 0.29) is 23.0 Å². The number of carbonyl (C=O) groups is 2. The third-order valence-electron chi connectivity index (χ3n) is 4.01. The van der Waals surface area contributed by atoms with Gasteiger partial charge in [0.05, 0.1) is 23.4 Å². The minimum absolute atomic E-state index is 0.0515. The number of ether oxygens (including phenoxy) is 1. The summed E-state index contributed by atoms with van der Waals surface area (Å²) in [6.07, 6.45) is 1.36. The quantitative estimate of drug-likeness (QED) is 0.431. The second kappa shape index (κ2) is 10.0. The Kier molecular flexibility index (Phi) is 7.72. The van der Waals surface area contributed by atoms with Crippen LogP contribution in [0.3, 0.4) is 0 Å². The Balaban J connectivity index is 2.08. The lowest BCUT2D eigenvalue weighted by atomic mass is 10.0.